The summed E-state index contributed by atoms with van der Waals surface area (Å²) in [5.41, 5.74) is 0.254. The molecular weight excluding hydrogens is 342 g/mol. The molecule has 0 spiro atoms. The summed E-state index contributed by atoms with van der Waals surface area (Å²) in [6, 6.07) is 3.31. The summed E-state index contributed by atoms with van der Waals surface area (Å²) in [6.07, 6.45) is 3.59. The highest BCUT2D eigenvalue weighted by atomic mass is 16.8. The Hall–Kier alpha value is -2.55. The summed E-state index contributed by atoms with van der Waals surface area (Å²) in [5.74, 6) is -0.622. The first-order valence-corrected chi connectivity index (χ1v) is 8.21. The molecule has 1 heterocycles. The van der Waals surface area contributed by atoms with Gasteiger partial charge in [0.2, 0.25) is 4.92 Å². The van der Waals surface area contributed by atoms with E-state index in [1.807, 2.05) is 20.8 Å². The average molecular weight is 369 g/mol. The second-order valence-electron chi connectivity index (χ2n) is 6.83. The summed E-state index contributed by atoms with van der Waals surface area (Å²) in [5, 5.41) is 2.63. The van der Waals surface area contributed by atoms with Crippen molar-refractivity contribution in [3.63, 3.8) is 0 Å². The van der Waals surface area contributed by atoms with Gasteiger partial charge >= 0.3 is 12.7 Å². The molecule has 0 aliphatic heterocycles. The van der Waals surface area contributed by atoms with Crippen LogP contribution in [0, 0.1) is 10.3 Å². The van der Waals surface area contributed by atoms with Gasteiger partial charge in [-0.15, -0.1) is 0 Å². The third-order valence-corrected chi connectivity index (χ3v) is 3.03. The van der Waals surface area contributed by atoms with Gasteiger partial charge in [-0.25, -0.2) is 4.84 Å². The first-order valence-electron chi connectivity index (χ1n) is 8.21. The third kappa shape index (κ3) is 9.07. The fourth-order valence-corrected chi connectivity index (χ4v) is 1.92. The Bertz CT molecular complexity index is 627. The van der Waals surface area contributed by atoms with E-state index in [4.69, 9.17) is 9.57 Å². The molecule has 1 N–H and O–H groups in total. The van der Waals surface area contributed by atoms with E-state index in [-0.39, 0.29) is 48.8 Å². The van der Waals surface area contributed by atoms with Gasteiger partial charge in [0.15, 0.2) is 19.0 Å². The quantitative estimate of drug-likeness (QED) is 0.217. The smallest absolute Gasteiger partial charge is 0.351 e. The van der Waals surface area contributed by atoms with Gasteiger partial charge in [0.25, 0.3) is 12.6 Å². The highest BCUT2D eigenvalue weighted by Gasteiger charge is 2.18. The van der Waals surface area contributed by atoms with Crippen molar-refractivity contribution in [1.29, 1.82) is 0 Å². The number of hydrogen-bond acceptors (Lipinski definition) is 6. The van der Waals surface area contributed by atoms with Crippen LogP contribution in [0.4, 0.5) is 0 Å². The van der Waals surface area contributed by atoms with E-state index in [1.54, 1.807) is 29.1 Å². The van der Waals surface area contributed by atoms with Gasteiger partial charge in [0, 0.05) is 13.2 Å². The molecule has 0 atom stereocenters. The average Bonchev–Trinajstić information content (AvgIpc) is 2.56. The molecule has 0 bridgehead atoms. The highest BCUT2D eigenvalue weighted by molar-refractivity contribution is 5.93. The van der Waals surface area contributed by atoms with E-state index >= 15 is 0 Å². The number of nitrogens with one attached hydrogen (secondary N) is 1. The van der Waals surface area contributed by atoms with Gasteiger partial charge in [0.1, 0.15) is 5.56 Å². The van der Waals surface area contributed by atoms with Gasteiger partial charge in [-0.3, -0.25) is 9.59 Å². The zero-order valence-electron chi connectivity index (χ0n) is 15.7. The van der Waals surface area contributed by atoms with E-state index in [1.165, 1.54) is 7.11 Å². The number of methoxy groups -OCH3 is 1. The fourth-order valence-electron chi connectivity index (χ4n) is 1.92. The highest BCUT2D eigenvalue weighted by Crippen LogP contribution is 2.18. The van der Waals surface area contributed by atoms with Gasteiger partial charge in [-0.1, -0.05) is 20.8 Å². The van der Waals surface area contributed by atoms with Crippen LogP contribution in [0.5, 0.6) is 0 Å². The van der Waals surface area contributed by atoms with Crippen molar-refractivity contribution in [3.05, 3.63) is 35.0 Å². The molecule has 1 amide bonds. The lowest BCUT2D eigenvalue weighted by Gasteiger charge is -2.15. The lowest BCUT2D eigenvalue weighted by atomic mass is 9.93. The summed E-state index contributed by atoms with van der Waals surface area (Å²) in [7, 11) is 1.38. The van der Waals surface area contributed by atoms with Crippen molar-refractivity contribution in [3.8, 4) is 0 Å². The van der Waals surface area contributed by atoms with Gasteiger partial charge in [0.05, 0.1) is 17.9 Å². The zero-order valence-corrected chi connectivity index (χ0v) is 15.7. The Morgan fingerprint density at radius 3 is 2.69 bits per heavy atom. The predicted molar refractivity (Wildman–Crippen MR) is 90.6 cm³/mol. The monoisotopic (exact) mass is 369 g/mol. The molecule has 9 nitrogen and oxygen atoms in total. The molecule has 26 heavy (non-hydrogen) atoms. The van der Waals surface area contributed by atoms with Crippen LogP contribution in [-0.2, 0) is 25.8 Å². The molecule has 1 aromatic rings. The molecule has 1 rings (SSSR count). The standard InChI is InChI=1S/C17H26N3O6/c1-17(2,3)10-15(21)25-12-19-8-5-6-14(11-19)16(22)18-7-9-26-20(23)13-24-4/h5-6,8,11H,7,9-10,12-13H2,1-4H3/q+1/p+1. The van der Waals surface area contributed by atoms with Crippen molar-refractivity contribution in [2.75, 3.05) is 27.0 Å². The lowest BCUT2D eigenvalue weighted by Crippen LogP contribution is -2.38. The van der Waals surface area contributed by atoms with Crippen molar-refractivity contribution < 1.29 is 33.4 Å². The normalized spacial score (nSPS) is 10.9. The third-order valence-electron chi connectivity index (χ3n) is 3.03. The van der Waals surface area contributed by atoms with Gasteiger partial charge in [-0.05, 0) is 11.5 Å². The summed E-state index contributed by atoms with van der Waals surface area (Å²) in [6.45, 7) is 5.88. The Morgan fingerprint density at radius 2 is 2.04 bits per heavy atom. The number of aromatic nitrogens is 1. The maximum absolute atomic E-state index is 12.1. The molecule has 1 aromatic heterocycles. The SMILES string of the molecule is COC[N+](=O)OCCNC(=O)c1ccc[n+](COC(=O)CC(C)(C)C)c1. The molecule has 9 heteroatoms. The van der Waals surface area contributed by atoms with Crippen LogP contribution in [0.3, 0.4) is 0 Å². The number of ether oxygens (including phenoxy) is 2. The van der Waals surface area contributed by atoms with E-state index in [9.17, 15) is 14.5 Å². The number of amides is 1. The number of carbonyl (C=O) groups is 2. The predicted octanol–water partition coefficient (Wildman–Crippen LogP) is 0.955. The molecule has 0 aliphatic carbocycles. The minimum atomic E-state index is -0.326. The molecule has 0 saturated carbocycles. The van der Waals surface area contributed by atoms with Crippen LogP contribution < -0.4 is 9.88 Å². The lowest BCUT2D eigenvalue weighted by molar-refractivity contribution is -0.821. The molecule has 0 aliphatic rings. The number of nitrogens with zero attached hydrogens (tertiary/aromatic N) is 2. The van der Waals surface area contributed by atoms with Crippen LogP contribution in [0.2, 0.25) is 0 Å². The number of hydrogen-bond donors (Lipinski definition) is 1. The number of carbonyl (C=O) groups excluding carboxylic acids is 2. The maximum Gasteiger partial charge on any atom is 0.351 e. The minimum Gasteiger partial charge on any atom is -0.405 e. The van der Waals surface area contributed by atoms with Crippen molar-refractivity contribution in [2.45, 2.75) is 33.9 Å². The van der Waals surface area contributed by atoms with Crippen LogP contribution in [0.25, 0.3) is 0 Å². The van der Waals surface area contributed by atoms with Crippen molar-refractivity contribution in [1.82, 2.24) is 5.32 Å². The summed E-state index contributed by atoms with van der Waals surface area (Å²) >= 11 is 0. The first kappa shape index (κ1) is 21.5. The molecule has 0 radical (unpaired) electrons. The zero-order chi connectivity index (χ0) is 19.6. The molecule has 144 valence electrons. The van der Waals surface area contributed by atoms with E-state index < -0.39 is 0 Å². The summed E-state index contributed by atoms with van der Waals surface area (Å²) < 4.78 is 11.4. The van der Waals surface area contributed by atoms with Crippen LogP contribution >= 0.6 is 0 Å². The molecule has 0 fully saturated rings. The molecular formula is C17H27N3O6+2. The Morgan fingerprint density at radius 1 is 1.31 bits per heavy atom. The number of pyridine rings is 1. The van der Waals surface area contributed by atoms with Crippen LogP contribution in [-0.4, -0.2) is 43.8 Å². The van der Waals surface area contributed by atoms with Crippen LogP contribution in [0.15, 0.2) is 24.5 Å². The molecule has 0 aromatic carbocycles. The fraction of sp³-hybridized carbons (Fsp3) is 0.588. The second kappa shape index (κ2) is 10.4. The Kier molecular flexibility index (Phi) is 8.63. The topological polar surface area (TPSA) is 97.8 Å². The Balaban J connectivity index is 2.44. The molecule has 0 unspecified atom stereocenters. The van der Waals surface area contributed by atoms with Gasteiger partial charge in [-0.2, -0.15) is 4.57 Å². The van der Waals surface area contributed by atoms with Gasteiger partial charge < -0.3 is 14.8 Å². The maximum atomic E-state index is 12.1. The van der Waals surface area contributed by atoms with E-state index in [0.29, 0.717) is 12.0 Å². The summed E-state index contributed by atoms with van der Waals surface area (Å²) in [4.78, 5) is 39.9. The van der Waals surface area contributed by atoms with E-state index in [2.05, 4.69) is 10.1 Å². The Labute approximate surface area is 152 Å². The molecule has 0 saturated heterocycles. The van der Waals surface area contributed by atoms with Crippen LogP contribution in [0.1, 0.15) is 37.6 Å². The second-order valence-corrected chi connectivity index (χ2v) is 6.83. The minimum absolute atomic E-state index is 0.0237. The van der Waals surface area contributed by atoms with E-state index in [0.717, 1.165) is 0 Å². The largest absolute Gasteiger partial charge is 0.405 e. The van der Waals surface area contributed by atoms with Crippen molar-refractivity contribution in [2.24, 2.45) is 5.41 Å². The van der Waals surface area contributed by atoms with Crippen molar-refractivity contribution >= 4 is 11.9 Å². The number of rotatable bonds is 10. The first-order chi connectivity index (χ1) is 12.2. The number of esters is 1.